The lowest BCUT2D eigenvalue weighted by atomic mass is 9.95. The van der Waals surface area contributed by atoms with Crippen molar-refractivity contribution in [3.05, 3.63) is 17.5 Å². The van der Waals surface area contributed by atoms with E-state index in [1.54, 1.807) is 17.3 Å². The van der Waals surface area contributed by atoms with Gasteiger partial charge in [0.1, 0.15) is 17.2 Å². The Labute approximate surface area is 120 Å². The summed E-state index contributed by atoms with van der Waals surface area (Å²) in [7, 11) is -1.33. The molecule has 0 atom stereocenters. The molecule has 0 aromatic carbocycles. The number of sulfonamides is 1. The van der Waals surface area contributed by atoms with Gasteiger partial charge in [-0.3, -0.25) is 0 Å². The van der Waals surface area contributed by atoms with E-state index in [0.29, 0.717) is 30.5 Å². The van der Waals surface area contributed by atoms with Gasteiger partial charge in [-0.15, -0.1) is 0 Å². The zero-order chi connectivity index (χ0) is 14.6. The molecule has 1 aromatic rings. The molecule has 1 aliphatic rings. The average Bonchev–Trinajstić information content (AvgIpc) is 2.81. The van der Waals surface area contributed by atoms with Crippen molar-refractivity contribution in [2.24, 2.45) is 5.92 Å². The quantitative estimate of drug-likeness (QED) is 0.852. The standard InChI is InChI=1S/C13H23N3O3S/c1-11-9-13(15-19-11)10-20(17,18)16-7-4-12(5-8-16)3-6-14-2/h9,12,14H,3-8,10H2,1-2H3. The van der Waals surface area contributed by atoms with E-state index in [2.05, 4.69) is 10.5 Å². The van der Waals surface area contributed by atoms with E-state index < -0.39 is 10.0 Å². The van der Waals surface area contributed by atoms with Gasteiger partial charge < -0.3 is 9.84 Å². The highest BCUT2D eigenvalue weighted by molar-refractivity contribution is 7.88. The Kier molecular flexibility index (Phi) is 5.17. The lowest BCUT2D eigenvalue weighted by Crippen LogP contribution is -2.39. The van der Waals surface area contributed by atoms with E-state index in [9.17, 15) is 8.42 Å². The number of nitrogens with one attached hydrogen (secondary N) is 1. The monoisotopic (exact) mass is 301 g/mol. The number of aryl methyl sites for hydroxylation is 1. The summed E-state index contributed by atoms with van der Waals surface area (Å²) in [5.41, 5.74) is 0.486. The van der Waals surface area contributed by atoms with Crippen LogP contribution in [0.2, 0.25) is 0 Å². The third-order valence-electron chi connectivity index (χ3n) is 3.78. The summed E-state index contributed by atoms with van der Waals surface area (Å²) >= 11 is 0. The van der Waals surface area contributed by atoms with Gasteiger partial charge in [-0.2, -0.15) is 0 Å². The van der Waals surface area contributed by atoms with E-state index in [1.807, 2.05) is 7.05 Å². The molecule has 7 heteroatoms. The maximum absolute atomic E-state index is 12.3. The summed E-state index contributed by atoms with van der Waals surface area (Å²) in [6.07, 6.45) is 3.00. The van der Waals surface area contributed by atoms with Crippen LogP contribution in [0.3, 0.4) is 0 Å². The molecule has 0 bridgehead atoms. The van der Waals surface area contributed by atoms with Gasteiger partial charge in [0.2, 0.25) is 10.0 Å². The fourth-order valence-corrected chi connectivity index (χ4v) is 4.05. The zero-order valence-corrected chi connectivity index (χ0v) is 12.9. The molecular formula is C13H23N3O3S. The molecule has 2 heterocycles. The Bertz CT molecular complexity index is 519. The van der Waals surface area contributed by atoms with Crippen molar-refractivity contribution in [1.82, 2.24) is 14.8 Å². The van der Waals surface area contributed by atoms with Crippen LogP contribution in [0, 0.1) is 12.8 Å². The first-order valence-electron chi connectivity index (χ1n) is 7.06. The summed E-state index contributed by atoms with van der Waals surface area (Å²) in [4.78, 5) is 0. The van der Waals surface area contributed by atoms with Crippen molar-refractivity contribution in [1.29, 1.82) is 0 Å². The number of hydrogen-bond donors (Lipinski definition) is 1. The van der Waals surface area contributed by atoms with Gasteiger partial charge in [0.25, 0.3) is 0 Å². The van der Waals surface area contributed by atoms with Gasteiger partial charge in [-0.05, 0) is 45.7 Å². The first-order valence-corrected chi connectivity index (χ1v) is 8.67. The smallest absolute Gasteiger partial charge is 0.219 e. The Morgan fingerprint density at radius 1 is 1.45 bits per heavy atom. The predicted octanol–water partition coefficient (Wildman–Crippen LogP) is 1.13. The second kappa shape index (κ2) is 6.69. The van der Waals surface area contributed by atoms with Crippen molar-refractivity contribution < 1.29 is 12.9 Å². The first kappa shape index (κ1) is 15.5. The minimum atomic E-state index is -3.27. The summed E-state index contributed by atoms with van der Waals surface area (Å²) in [5, 5.41) is 6.90. The maximum atomic E-state index is 12.3. The number of rotatable bonds is 6. The van der Waals surface area contributed by atoms with Crippen molar-refractivity contribution in [3.8, 4) is 0 Å². The summed E-state index contributed by atoms with van der Waals surface area (Å²) in [6, 6.07) is 1.68. The van der Waals surface area contributed by atoms with Crippen LogP contribution in [-0.2, 0) is 15.8 Å². The summed E-state index contributed by atoms with van der Waals surface area (Å²) in [5.74, 6) is 1.20. The van der Waals surface area contributed by atoms with Crippen molar-refractivity contribution in [2.75, 3.05) is 26.7 Å². The molecule has 0 saturated carbocycles. The van der Waals surface area contributed by atoms with Crippen LogP contribution in [0.15, 0.2) is 10.6 Å². The Balaban J connectivity index is 1.88. The average molecular weight is 301 g/mol. The molecule has 1 N–H and O–H groups in total. The molecule has 1 aliphatic heterocycles. The number of nitrogens with zero attached hydrogens (tertiary/aromatic N) is 2. The van der Waals surface area contributed by atoms with Gasteiger partial charge in [-0.1, -0.05) is 5.16 Å². The molecule has 0 amide bonds. The largest absolute Gasteiger partial charge is 0.361 e. The molecule has 20 heavy (non-hydrogen) atoms. The predicted molar refractivity (Wildman–Crippen MR) is 76.7 cm³/mol. The molecule has 1 saturated heterocycles. The molecule has 6 nitrogen and oxygen atoms in total. The Hall–Kier alpha value is -0.920. The van der Waals surface area contributed by atoms with E-state index in [0.717, 1.165) is 25.8 Å². The van der Waals surface area contributed by atoms with Crippen LogP contribution in [0.1, 0.15) is 30.7 Å². The molecule has 0 spiro atoms. The van der Waals surface area contributed by atoms with E-state index in [-0.39, 0.29) is 5.75 Å². The van der Waals surface area contributed by atoms with Crippen molar-refractivity contribution in [3.63, 3.8) is 0 Å². The first-order chi connectivity index (χ1) is 9.51. The lowest BCUT2D eigenvalue weighted by Gasteiger charge is -2.31. The lowest BCUT2D eigenvalue weighted by molar-refractivity contribution is 0.262. The van der Waals surface area contributed by atoms with Crippen molar-refractivity contribution >= 4 is 10.0 Å². The normalized spacial score (nSPS) is 18.5. The molecule has 2 rings (SSSR count). The Morgan fingerprint density at radius 2 is 2.15 bits per heavy atom. The highest BCUT2D eigenvalue weighted by Crippen LogP contribution is 2.23. The molecule has 114 valence electrons. The minimum Gasteiger partial charge on any atom is -0.361 e. The molecule has 0 unspecified atom stereocenters. The van der Waals surface area contributed by atoms with Gasteiger partial charge >= 0.3 is 0 Å². The van der Waals surface area contributed by atoms with Crippen LogP contribution >= 0.6 is 0 Å². The minimum absolute atomic E-state index is 0.0640. The van der Waals surface area contributed by atoms with Gasteiger partial charge in [-0.25, -0.2) is 12.7 Å². The van der Waals surface area contributed by atoms with Crippen molar-refractivity contribution in [2.45, 2.75) is 31.9 Å². The van der Waals surface area contributed by atoms with Gasteiger partial charge in [0, 0.05) is 19.2 Å². The molecule has 1 aromatic heterocycles. The molecular weight excluding hydrogens is 278 g/mol. The van der Waals surface area contributed by atoms with Gasteiger partial charge in [0.05, 0.1) is 0 Å². The SMILES string of the molecule is CNCCC1CCN(S(=O)(=O)Cc2cc(C)on2)CC1. The second-order valence-corrected chi connectivity index (χ2v) is 7.39. The Morgan fingerprint density at radius 3 is 2.70 bits per heavy atom. The fraction of sp³-hybridized carbons (Fsp3) is 0.769. The fourth-order valence-electron chi connectivity index (χ4n) is 2.59. The third kappa shape index (κ3) is 4.04. The van der Waals surface area contributed by atoms with Gasteiger partial charge in [0.15, 0.2) is 0 Å². The van der Waals surface area contributed by atoms with E-state index in [4.69, 9.17) is 4.52 Å². The second-order valence-electron chi connectivity index (χ2n) is 5.42. The van der Waals surface area contributed by atoms with Crippen LogP contribution in [0.5, 0.6) is 0 Å². The topological polar surface area (TPSA) is 75.4 Å². The molecule has 0 radical (unpaired) electrons. The number of hydrogen-bond acceptors (Lipinski definition) is 5. The highest BCUT2D eigenvalue weighted by Gasteiger charge is 2.28. The third-order valence-corrected chi connectivity index (χ3v) is 5.59. The van der Waals surface area contributed by atoms with E-state index in [1.165, 1.54) is 0 Å². The van der Waals surface area contributed by atoms with Crippen LogP contribution < -0.4 is 5.32 Å². The summed E-state index contributed by atoms with van der Waals surface area (Å²) in [6.45, 7) is 3.99. The van der Waals surface area contributed by atoms with Crippen LogP contribution in [0.25, 0.3) is 0 Å². The molecule has 0 aliphatic carbocycles. The van der Waals surface area contributed by atoms with Crippen LogP contribution in [0.4, 0.5) is 0 Å². The molecule has 1 fully saturated rings. The summed E-state index contributed by atoms with van der Waals surface area (Å²) < 4.78 is 31.1. The van der Waals surface area contributed by atoms with E-state index >= 15 is 0 Å². The number of piperidine rings is 1. The highest BCUT2D eigenvalue weighted by atomic mass is 32.2. The van der Waals surface area contributed by atoms with Crippen LogP contribution in [-0.4, -0.2) is 44.6 Å². The zero-order valence-electron chi connectivity index (χ0n) is 12.1. The number of aromatic nitrogens is 1. The maximum Gasteiger partial charge on any atom is 0.219 e.